The van der Waals surface area contributed by atoms with Crippen LogP contribution in [-0.4, -0.2) is 36.2 Å². The first-order chi connectivity index (χ1) is 9.38. The van der Waals surface area contributed by atoms with Crippen molar-refractivity contribution in [1.29, 1.82) is 0 Å². The van der Waals surface area contributed by atoms with Gasteiger partial charge < -0.3 is 15.2 Å². The summed E-state index contributed by atoms with van der Waals surface area (Å²) in [5, 5.41) is 12.5. The SMILES string of the molecule is Cc1ccc(F)cc1NC(=O)NC(=O)COCC(=O)O. The number of halogens is 1. The number of rotatable bonds is 5. The van der Waals surface area contributed by atoms with Gasteiger partial charge in [0.15, 0.2) is 0 Å². The summed E-state index contributed by atoms with van der Waals surface area (Å²) in [4.78, 5) is 32.8. The Hall–Kier alpha value is -2.48. The van der Waals surface area contributed by atoms with Gasteiger partial charge in [0.2, 0.25) is 0 Å². The molecule has 0 unspecified atom stereocenters. The maximum atomic E-state index is 13.0. The summed E-state index contributed by atoms with van der Waals surface area (Å²) in [7, 11) is 0. The lowest BCUT2D eigenvalue weighted by Gasteiger charge is -2.09. The normalized spacial score (nSPS) is 9.90. The second-order valence-corrected chi connectivity index (χ2v) is 3.85. The van der Waals surface area contributed by atoms with Crippen LogP contribution in [0.15, 0.2) is 18.2 Å². The third kappa shape index (κ3) is 5.44. The summed E-state index contributed by atoms with van der Waals surface area (Å²) >= 11 is 0. The Morgan fingerprint density at radius 2 is 2.00 bits per heavy atom. The second-order valence-electron chi connectivity index (χ2n) is 3.85. The van der Waals surface area contributed by atoms with E-state index in [0.717, 1.165) is 6.07 Å². The van der Waals surface area contributed by atoms with Crippen LogP contribution in [0.2, 0.25) is 0 Å². The highest BCUT2D eigenvalue weighted by atomic mass is 19.1. The van der Waals surface area contributed by atoms with Crippen molar-refractivity contribution in [3.63, 3.8) is 0 Å². The molecule has 0 spiro atoms. The molecule has 0 aliphatic heterocycles. The minimum atomic E-state index is -1.22. The Balaban J connectivity index is 2.45. The Morgan fingerprint density at radius 3 is 2.65 bits per heavy atom. The van der Waals surface area contributed by atoms with E-state index < -0.39 is 36.9 Å². The number of urea groups is 1. The summed E-state index contributed by atoms with van der Waals surface area (Å²) in [6, 6.07) is 2.97. The van der Waals surface area contributed by atoms with Gasteiger partial charge in [-0.25, -0.2) is 14.0 Å². The smallest absolute Gasteiger partial charge is 0.329 e. The van der Waals surface area contributed by atoms with Crippen molar-refractivity contribution < 1.29 is 28.6 Å². The quantitative estimate of drug-likeness (QED) is 0.744. The first kappa shape index (κ1) is 15.6. The number of carboxylic acids is 1. The molecule has 7 nitrogen and oxygen atoms in total. The van der Waals surface area contributed by atoms with Crippen LogP contribution in [0.3, 0.4) is 0 Å². The van der Waals surface area contributed by atoms with Crippen molar-refractivity contribution in [3.8, 4) is 0 Å². The molecule has 0 radical (unpaired) electrons. The number of carboxylic acid groups (broad SMARTS) is 1. The van der Waals surface area contributed by atoms with Crippen LogP contribution in [-0.2, 0) is 14.3 Å². The monoisotopic (exact) mass is 284 g/mol. The van der Waals surface area contributed by atoms with E-state index in [9.17, 15) is 18.8 Å². The van der Waals surface area contributed by atoms with E-state index in [1.165, 1.54) is 12.1 Å². The number of aryl methyl sites for hydroxylation is 1. The number of imide groups is 1. The van der Waals surface area contributed by atoms with Crippen LogP contribution >= 0.6 is 0 Å². The van der Waals surface area contributed by atoms with Crippen molar-refractivity contribution >= 4 is 23.6 Å². The van der Waals surface area contributed by atoms with Gasteiger partial charge in [-0.3, -0.25) is 10.1 Å². The lowest BCUT2D eigenvalue weighted by Crippen LogP contribution is -2.37. The molecule has 0 fully saturated rings. The van der Waals surface area contributed by atoms with Crippen molar-refractivity contribution in [1.82, 2.24) is 5.32 Å². The van der Waals surface area contributed by atoms with E-state index in [4.69, 9.17) is 5.11 Å². The van der Waals surface area contributed by atoms with Crippen LogP contribution in [0, 0.1) is 12.7 Å². The topological polar surface area (TPSA) is 105 Å². The molecule has 0 saturated heterocycles. The third-order valence-electron chi connectivity index (χ3n) is 2.16. The Morgan fingerprint density at radius 1 is 1.30 bits per heavy atom. The molecule has 0 saturated carbocycles. The average Bonchev–Trinajstić information content (AvgIpc) is 2.33. The Labute approximate surface area is 113 Å². The highest BCUT2D eigenvalue weighted by Crippen LogP contribution is 2.15. The van der Waals surface area contributed by atoms with E-state index in [1.54, 1.807) is 6.92 Å². The predicted octanol–water partition coefficient (Wildman–Crippen LogP) is 0.883. The standard InChI is InChI=1S/C12H13FN2O5/c1-7-2-3-8(13)4-9(7)14-12(19)15-10(16)5-20-6-11(17)18/h2-4H,5-6H2,1H3,(H,17,18)(H2,14,15,16,19). The van der Waals surface area contributed by atoms with Crippen LogP contribution in [0.4, 0.5) is 14.9 Å². The molecule has 20 heavy (non-hydrogen) atoms. The van der Waals surface area contributed by atoms with Gasteiger partial charge in [-0.1, -0.05) is 6.07 Å². The minimum absolute atomic E-state index is 0.224. The minimum Gasteiger partial charge on any atom is -0.480 e. The van der Waals surface area contributed by atoms with Crippen molar-refractivity contribution in [2.45, 2.75) is 6.92 Å². The number of carbonyl (C=O) groups is 3. The molecule has 0 heterocycles. The predicted molar refractivity (Wildman–Crippen MR) is 66.8 cm³/mol. The lowest BCUT2D eigenvalue weighted by atomic mass is 10.2. The number of ether oxygens (including phenoxy) is 1. The molecule has 0 atom stereocenters. The largest absolute Gasteiger partial charge is 0.480 e. The maximum absolute atomic E-state index is 13.0. The fourth-order valence-electron chi connectivity index (χ4n) is 1.28. The molecule has 0 aromatic heterocycles. The number of benzene rings is 1. The summed E-state index contributed by atoms with van der Waals surface area (Å²) in [6.45, 7) is 0.451. The second kappa shape index (κ2) is 7.19. The summed E-state index contributed by atoms with van der Waals surface area (Å²) in [6.07, 6.45) is 0. The van der Waals surface area contributed by atoms with Gasteiger partial charge in [0.25, 0.3) is 5.91 Å². The third-order valence-corrected chi connectivity index (χ3v) is 2.16. The zero-order valence-corrected chi connectivity index (χ0v) is 10.6. The van der Waals surface area contributed by atoms with Gasteiger partial charge in [0, 0.05) is 5.69 Å². The van der Waals surface area contributed by atoms with E-state index in [-0.39, 0.29) is 5.69 Å². The molecule has 1 aromatic carbocycles. The number of anilines is 1. The number of hydrogen-bond acceptors (Lipinski definition) is 4. The van der Waals surface area contributed by atoms with Crippen LogP contribution < -0.4 is 10.6 Å². The molecule has 0 bridgehead atoms. The molecule has 1 aromatic rings. The lowest BCUT2D eigenvalue weighted by molar-refractivity contribution is -0.143. The van der Waals surface area contributed by atoms with Gasteiger partial charge in [-0.15, -0.1) is 0 Å². The number of aliphatic carboxylic acids is 1. The van der Waals surface area contributed by atoms with Crippen LogP contribution in [0.25, 0.3) is 0 Å². The van der Waals surface area contributed by atoms with Crippen LogP contribution in [0.5, 0.6) is 0 Å². The zero-order chi connectivity index (χ0) is 15.1. The van der Waals surface area contributed by atoms with Gasteiger partial charge in [0.05, 0.1) is 0 Å². The zero-order valence-electron chi connectivity index (χ0n) is 10.6. The number of hydrogen-bond donors (Lipinski definition) is 3. The number of carbonyl (C=O) groups excluding carboxylic acids is 2. The molecular weight excluding hydrogens is 271 g/mol. The van der Waals surface area contributed by atoms with Gasteiger partial charge >= 0.3 is 12.0 Å². The van der Waals surface area contributed by atoms with E-state index >= 15 is 0 Å². The fourth-order valence-corrected chi connectivity index (χ4v) is 1.28. The van der Waals surface area contributed by atoms with Crippen LogP contribution in [0.1, 0.15) is 5.56 Å². The van der Waals surface area contributed by atoms with Gasteiger partial charge in [0.1, 0.15) is 19.0 Å². The fraction of sp³-hybridized carbons (Fsp3) is 0.250. The van der Waals surface area contributed by atoms with Gasteiger partial charge in [-0.05, 0) is 24.6 Å². The molecule has 0 aliphatic rings. The Bertz CT molecular complexity index is 533. The molecule has 0 aliphatic carbocycles. The first-order valence-electron chi connectivity index (χ1n) is 5.55. The number of amides is 3. The molecule has 8 heteroatoms. The van der Waals surface area contributed by atoms with Crippen molar-refractivity contribution in [3.05, 3.63) is 29.6 Å². The van der Waals surface area contributed by atoms with E-state index in [0.29, 0.717) is 5.56 Å². The molecule has 3 N–H and O–H groups in total. The maximum Gasteiger partial charge on any atom is 0.329 e. The van der Waals surface area contributed by atoms with E-state index in [1.807, 2.05) is 5.32 Å². The highest BCUT2D eigenvalue weighted by molar-refractivity contribution is 6.01. The van der Waals surface area contributed by atoms with E-state index in [2.05, 4.69) is 10.1 Å². The molecular formula is C12H13FN2O5. The van der Waals surface area contributed by atoms with Crippen molar-refractivity contribution in [2.75, 3.05) is 18.5 Å². The molecule has 3 amide bonds. The molecule has 1 rings (SSSR count). The summed E-state index contributed by atoms with van der Waals surface area (Å²) < 4.78 is 17.5. The number of nitrogens with one attached hydrogen (secondary N) is 2. The summed E-state index contributed by atoms with van der Waals surface area (Å²) in [5.74, 6) is -2.56. The summed E-state index contributed by atoms with van der Waals surface area (Å²) in [5.41, 5.74) is 0.845. The van der Waals surface area contributed by atoms with Gasteiger partial charge in [-0.2, -0.15) is 0 Å². The van der Waals surface area contributed by atoms with Crippen molar-refractivity contribution in [2.24, 2.45) is 0 Å². The Kier molecular flexibility index (Phi) is 5.60. The average molecular weight is 284 g/mol. The highest BCUT2D eigenvalue weighted by Gasteiger charge is 2.10. The molecule has 108 valence electrons. The first-order valence-corrected chi connectivity index (χ1v) is 5.55.